The highest BCUT2D eigenvalue weighted by atomic mass is 32.1. The van der Waals surface area contributed by atoms with Gasteiger partial charge in [0, 0.05) is 13.0 Å². The van der Waals surface area contributed by atoms with Crippen LogP contribution in [0, 0.1) is 6.92 Å². The normalized spacial score (nSPS) is 14.1. The lowest BCUT2D eigenvalue weighted by molar-refractivity contribution is 0.0511. The summed E-state index contributed by atoms with van der Waals surface area (Å²) in [5.41, 5.74) is -0.479. The fraction of sp³-hybridized carbons (Fsp3) is 0.417. The van der Waals surface area contributed by atoms with Crippen molar-refractivity contribution in [2.45, 2.75) is 25.9 Å². The molecule has 19 heavy (non-hydrogen) atoms. The van der Waals surface area contributed by atoms with E-state index >= 15 is 0 Å². The topological polar surface area (TPSA) is 88.2 Å². The molecule has 6 nitrogen and oxygen atoms in total. The number of aliphatic hydroxyl groups is 1. The third-order valence-electron chi connectivity index (χ3n) is 2.62. The SMILES string of the molecule is Cc1nnsc1C(=O)NC[C@](C)(O)Cc1ccco1. The number of nitrogens with one attached hydrogen (secondary N) is 1. The lowest BCUT2D eigenvalue weighted by Crippen LogP contribution is -2.42. The minimum Gasteiger partial charge on any atom is -0.469 e. The van der Waals surface area contributed by atoms with E-state index in [-0.39, 0.29) is 12.5 Å². The molecule has 1 amide bonds. The molecule has 0 radical (unpaired) electrons. The molecule has 0 aliphatic carbocycles. The average molecular weight is 281 g/mol. The fourth-order valence-corrected chi connectivity index (χ4v) is 2.21. The Bertz CT molecular complexity index is 548. The quantitative estimate of drug-likeness (QED) is 0.858. The van der Waals surface area contributed by atoms with Gasteiger partial charge >= 0.3 is 0 Å². The fourth-order valence-electron chi connectivity index (χ4n) is 1.64. The molecule has 0 aliphatic heterocycles. The van der Waals surface area contributed by atoms with Crippen LogP contribution >= 0.6 is 11.5 Å². The van der Waals surface area contributed by atoms with Crippen molar-refractivity contribution in [3.05, 3.63) is 34.7 Å². The van der Waals surface area contributed by atoms with Crippen LogP contribution in [0.15, 0.2) is 22.8 Å². The Hall–Kier alpha value is -1.73. The second-order valence-corrected chi connectivity index (χ2v) is 5.38. The maximum absolute atomic E-state index is 11.9. The highest BCUT2D eigenvalue weighted by Crippen LogP contribution is 2.14. The lowest BCUT2D eigenvalue weighted by atomic mass is 10.0. The third kappa shape index (κ3) is 3.62. The molecular weight excluding hydrogens is 266 g/mol. The highest BCUT2D eigenvalue weighted by Gasteiger charge is 2.24. The zero-order valence-electron chi connectivity index (χ0n) is 10.7. The van der Waals surface area contributed by atoms with E-state index in [1.807, 2.05) is 0 Å². The Balaban J connectivity index is 1.91. The minimum absolute atomic E-state index is 0.129. The number of hydrogen-bond donors (Lipinski definition) is 2. The van der Waals surface area contributed by atoms with E-state index in [9.17, 15) is 9.90 Å². The van der Waals surface area contributed by atoms with Gasteiger partial charge in [0.2, 0.25) is 0 Å². The molecule has 1 atom stereocenters. The van der Waals surface area contributed by atoms with Gasteiger partial charge in [-0.2, -0.15) is 0 Å². The molecule has 2 heterocycles. The van der Waals surface area contributed by atoms with E-state index in [0.29, 0.717) is 22.8 Å². The summed E-state index contributed by atoms with van der Waals surface area (Å²) in [5, 5.41) is 16.7. The van der Waals surface area contributed by atoms with E-state index in [1.54, 1.807) is 32.2 Å². The van der Waals surface area contributed by atoms with E-state index < -0.39 is 5.60 Å². The summed E-state index contributed by atoms with van der Waals surface area (Å²) in [7, 11) is 0. The van der Waals surface area contributed by atoms with Crippen molar-refractivity contribution in [2.75, 3.05) is 6.54 Å². The molecule has 2 N–H and O–H groups in total. The Labute approximate surface area is 114 Å². The number of carbonyl (C=O) groups is 1. The van der Waals surface area contributed by atoms with E-state index in [1.165, 1.54) is 0 Å². The van der Waals surface area contributed by atoms with Crippen molar-refractivity contribution >= 4 is 17.4 Å². The van der Waals surface area contributed by atoms with E-state index in [4.69, 9.17) is 4.42 Å². The maximum atomic E-state index is 11.9. The first-order valence-corrected chi connectivity index (χ1v) is 6.57. The molecule has 0 bridgehead atoms. The van der Waals surface area contributed by atoms with Gasteiger partial charge in [0.05, 0.1) is 17.6 Å². The first-order chi connectivity index (χ1) is 8.98. The molecule has 0 aliphatic rings. The summed E-state index contributed by atoms with van der Waals surface area (Å²) in [4.78, 5) is 12.3. The van der Waals surface area contributed by atoms with Crippen LogP contribution in [-0.4, -0.2) is 32.7 Å². The van der Waals surface area contributed by atoms with Crippen molar-refractivity contribution in [3.63, 3.8) is 0 Å². The zero-order valence-corrected chi connectivity index (χ0v) is 11.5. The molecule has 0 spiro atoms. The van der Waals surface area contributed by atoms with Crippen molar-refractivity contribution in [2.24, 2.45) is 0 Å². The minimum atomic E-state index is -1.07. The predicted octanol–water partition coefficient (Wildman–Crippen LogP) is 1.16. The van der Waals surface area contributed by atoms with Crippen LogP contribution in [0.3, 0.4) is 0 Å². The Morgan fingerprint density at radius 1 is 1.63 bits per heavy atom. The molecule has 2 aromatic heterocycles. The summed E-state index contributed by atoms with van der Waals surface area (Å²) < 4.78 is 8.88. The van der Waals surface area contributed by atoms with Gasteiger partial charge in [-0.15, -0.1) is 5.10 Å². The van der Waals surface area contributed by atoms with Crippen molar-refractivity contribution in [3.8, 4) is 0 Å². The molecule has 0 aromatic carbocycles. The van der Waals surface area contributed by atoms with Gasteiger partial charge in [-0.1, -0.05) is 4.49 Å². The number of aromatic nitrogens is 2. The van der Waals surface area contributed by atoms with Crippen LogP contribution in [0.25, 0.3) is 0 Å². The van der Waals surface area contributed by atoms with Crippen molar-refractivity contribution < 1.29 is 14.3 Å². The lowest BCUT2D eigenvalue weighted by Gasteiger charge is -2.22. The van der Waals surface area contributed by atoms with Crippen LogP contribution in [0.5, 0.6) is 0 Å². The van der Waals surface area contributed by atoms with Crippen LogP contribution in [0.4, 0.5) is 0 Å². The summed E-state index contributed by atoms with van der Waals surface area (Å²) in [6, 6.07) is 3.55. The molecule has 2 aromatic rings. The highest BCUT2D eigenvalue weighted by molar-refractivity contribution is 7.07. The van der Waals surface area contributed by atoms with Gasteiger partial charge in [0.25, 0.3) is 5.91 Å². The van der Waals surface area contributed by atoms with Crippen LogP contribution in [-0.2, 0) is 6.42 Å². The number of amides is 1. The molecule has 2 rings (SSSR count). The smallest absolute Gasteiger partial charge is 0.265 e. The summed E-state index contributed by atoms with van der Waals surface area (Å²) in [6.45, 7) is 3.50. The summed E-state index contributed by atoms with van der Waals surface area (Å²) >= 11 is 1.04. The summed E-state index contributed by atoms with van der Waals surface area (Å²) in [5.74, 6) is 0.405. The first kappa shape index (κ1) is 13.7. The number of aryl methyl sites for hydroxylation is 1. The standard InChI is InChI=1S/C12H15N3O3S/c1-8-10(19-15-14-8)11(16)13-7-12(2,17)6-9-4-3-5-18-9/h3-5,17H,6-7H2,1-2H3,(H,13,16)/t12-/m1/s1. The van der Waals surface area contributed by atoms with Gasteiger partial charge in [-0.3, -0.25) is 4.79 Å². The second kappa shape index (κ2) is 5.50. The summed E-state index contributed by atoms with van der Waals surface area (Å²) in [6.07, 6.45) is 1.89. The third-order valence-corrected chi connectivity index (χ3v) is 3.45. The molecule has 0 saturated carbocycles. The molecular formula is C12H15N3O3S. The second-order valence-electron chi connectivity index (χ2n) is 4.62. The Morgan fingerprint density at radius 2 is 2.42 bits per heavy atom. The number of carbonyl (C=O) groups excluding carboxylic acids is 1. The number of nitrogens with zero attached hydrogens (tertiary/aromatic N) is 2. The van der Waals surface area contributed by atoms with Crippen LogP contribution < -0.4 is 5.32 Å². The van der Waals surface area contributed by atoms with Crippen molar-refractivity contribution in [1.29, 1.82) is 0 Å². The molecule has 0 unspecified atom stereocenters. The van der Waals surface area contributed by atoms with E-state index in [2.05, 4.69) is 14.9 Å². The Morgan fingerprint density at radius 3 is 3.00 bits per heavy atom. The Kier molecular flexibility index (Phi) is 3.96. The maximum Gasteiger partial charge on any atom is 0.265 e. The first-order valence-electron chi connectivity index (χ1n) is 5.80. The monoisotopic (exact) mass is 281 g/mol. The molecule has 0 fully saturated rings. The number of rotatable bonds is 5. The van der Waals surface area contributed by atoms with Crippen molar-refractivity contribution in [1.82, 2.24) is 14.9 Å². The van der Waals surface area contributed by atoms with E-state index in [0.717, 1.165) is 11.5 Å². The molecule has 7 heteroatoms. The molecule has 0 saturated heterocycles. The van der Waals surface area contributed by atoms with Gasteiger partial charge in [-0.25, -0.2) is 0 Å². The van der Waals surface area contributed by atoms with Gasteiger partial charge in [0.1, 0.15) is 10.6 Å². The average Bonchev–Trinajstić information content (AvgIpc) is 2.97. The number of hydrogen-bond acceptors (Lipinski definition) is 6. The zero-order chi connectivity index (χ0) is 13.9. The van der Waals surface area contributed by atoms with Crippen LogP contribution in [0.1, 0.15) is 28.0 Å². The number of furan rings is 1. The van der Waals surface area contributed by atoms with Gasteiger partial charge in [-0.05, 0) is 37.5 Å². The van der Waals surface area contributed by atoms with Gasteiger partial charge < -0.3 is 14.8 Å². The predicted molar refractivity (Wildman–Crippen MR) is 70.0 cm³/mol. The molecule has 102 valence electrons. The van der Waals surface area contributed by atoms with Crippen LogP contribution in [0.2, 0.25) is 0 Å². The van der Waals surface area contributed by atoms with Gasteiger partial charge in [0.15, 0.2) is 0 Å². The largest absolute Gasteiger partial charge is 0.469 e.